The smallest absolute Gasteiger partial charge is 0.430 e. The van der Waals surface area contributed by atoms with E-state index < -0.39 is 6.09 Å². The van der Waals surface area contributed by atoms with Crippen LogP contribution in [-0.4, -0.2) is 59.9 Å². The first-order chi connectivity index (χ1) is 14.2. The fourth-order valence-corrected chi connectivity index (χ4v) is 3.14. The van der Waals surface area contributed by atoms with Gasteiger partial charge in [-0.05, 0) is 30.7 Å². The zero-order chi connectivity index (χ0) is 19.8. The van der Waals surface area contributed by atoms with E-state index in [9.17, 15) is 4.79 Å². The summed E-state index contributed by atoms with van der Waals surface area (Å²) in [5.41, 5.74) is 4.09. The van der Waals surface area contributed by atoms with Crippen molar-refractivity contribution < 1.29 is 9.53 Å². The Morgan fingerprint density at radius 2 is 2.21 bits per heavy atom. The molecule has 0 bridgehead atoms. The number of cyclic esters (lactones) is 1. The zero-order valence-corrected chi connectivity index (χ0v) is 15.6. The number of aromatic nitrogens is 6. The first-order valence-electron chi connectivity index (χ1n) is 9.07. The highest BCUT2D eigenvalue weighted by molar-refractivity contribution is 5.98. The van der Waals surface area contributed by atoms with Gasteiger partial charge < -0.3 is 4.74 Å². The molecule has 0 spiro atoms. The van der Waals surface area contributed by atoms with Gasteiger partial charge in [0.05, 0.1) is 30.5 Å². The molecule has 1 amide bonds. The molecule has 0 unspecified atom stereocenters. The number of fused-ring (bicyclic) bond motifs is 2. The highest BCUT2D eigenvalue weighted by Gasteiger charge is 2.22. The highest BCUT2D eigenvalue weighted by Crippen LogP contribution is 2.16. The van der Waals surface area contributed by atoms with Crippen molar-refractivity contribution >= 4 is 34.0 Å². The molecule has 29 heavy (non-hydrogen) atoms. The number of amides is 1. The molecule has 1 aliphatic rings. The van der Waals surface area contributed by atoms with Gasteiger partial charge in [0.15, 0.2) is 5.65 Å². The van der Waals surface area contributed by atoms with Gasteiger partial charge in [0.25, 0.3) is 0 Å². The number of nitrogens with zero attached hydrogens (tertiary/aromatic N) is 8. The number of hydrogen-bond donors (Lipinski definition) is 0. The summed E-state index contributed by atoms with van der Waals surface area (Å²) in [6.07, 6.45) is 2.88. The van der Waals surface area contributed by atoms with Crippen LogP contribution in [0.1, 0.15) is 18.2 Å². The van der Waals surface area contributed by atoms with E-state index in [1.54, 1.807) is 24.0 Å². The minimum absolute atomic E-state index is 0.332. The number of carbonyl (C=O) groups is 1. The van der Waals surface area contributed by atoms with Gasteiger partial charge in [-0.25, -0.2) is 19.4 Å². The van der Waals surface area contributed by atoms with Crippen molar-refractivity contribution in [1.82, 2.24) is 35.0 Å². The van der Waals surface area contributed by atoms with Crippen molar-refractivity contribution in [3.63, 3.8) is 0 Å². The molecule has 10 nitrogen and oxygen atoms in total. The van der Waals surface area contributed by atoms with E-state index in [4.69, 9.17) is 4.74 Å². The van der Waals surface area contributed by atoms with E-state index in [1.165, 1.54) is 5.01 Å². The predicted octanol–water partition coefficient (Wildman–Crippen LogP) is 1.99. The molecule has 0 saturated carbocycles. The zero-order valence-electron chi connectivity index (χ0n) is 15.6. The second-order valence-electron chi connectivity index (χ2n) is 6.60. The Kier molecular flexibility index (Phi) is 4.08. The molecule has 0 aliphatic carbocycles. The van der Waals surface area contributed by atoms with Crippen LogP contribution in [0.3, 0.4) is 0 Å². The Morgan fingerprint density at radius 1 is 1.28 bits per heavy atom. The van der Waals surface area contributed by atoms with Crippen molar-refractivity contribution in [3.8, 4) is 0 Å². The molecule has 0 radical (unpaired) electrons. The van der Waals surface area contributed by atoms with Gasteiger partial charge >= 0.3 is 6.09 Å². The van der Waals surface area contributed by atoms with Gasteiger partial charge in [-0.1, -0.05) is 17.3 Å². The van der Waals surface area contributed by atoms with Crippen molar-refractivity contribution in [3.05, 3.63) is 54.0 Å². The van der Waals surface area contributed by atoms with Crippen LogP contribution in [0.2, 0.25) is 0 Å². The molecule has 144 valence electrons. The van der Waals surface area contributed by atoms with Crippen molar-refractivity contribution in [2.45, 2.75) is 13.5 Å². The molecule has 0 atom stereocenters. The fraction of sp³-hybridized carbons (Fsp3) is 0.211. The number of hydrazone groups is 1. The Balaban J connectivity index is 1.47. The number of hydrogen-bond acceptors (Lipinski definition) is 8. The molecule has 4 heterocycles. The highest BCUT2D eigenvalue weighted by atomic mass is 16.6. The van der Waals surface area contributed by atoms with E-state index in [0.717, 1.165) is 16.5 Å². The third kappa shape index (κ3) is 3.24. The number of pyridine rings is 1. The van der Waals surface area contributed by atoms with Gasteiger partial charge in [0.1, 0.15) is 12.3 Å². The SMILES string of the molecule is C/C(=N/N1CCOC1=O)c1cnc2nnn(Cc3ccc4ncccc4c3)c2n1. The van der Waals surface area contributed by atoms with Crippen molar-refractivity contribution in [2.24, 2.45) is 5.10 Å². The van der Waals surface area contributed by atoms with E-state index >= 15 is 0 Å². The maximum atomic E-state index is 11.6. The van der Waals surface area contributed by atoms with E-state index in [0.29, 0.717) is 42.4 Å². The molecule has 1 aromatic carbocycles. The molecule has 10 heteroatoms. The van der Waals surface area contributed by atoms with E-state index in [2.05, 4.69) is 36.4 Å². The van der Waals surface area contributed by atoms with Crippen LogP contribution < -0.4 is 0 Å². The summed E-state index contributed by atoms with van der Waals surface area (Å²) >= 11 is 0. The summed E-state index contributed by atoms with van der Waals surface area (Å²) < 4.78 is 6.59. The van der Waals surface area contributed by atoms with Crippen LogP contribution in [0.25, 0.3) is 22.2 Å². The van der Waals surface area contributed by atoms with Crippen LogP contribution in [0.15, 0.2) is 47.8 Å². The molecular formula is C19H16N8O2. The largest absolute Gasteiger partial charge is 0.446 e. The lowest BCUT2D eigenvalue weighted by molar-refractivity contribution is 0.159. The first-order valence-corrected chi connectivity index (χ1v) is 9.07. The Labute approximate surface area is 164 Å². The summed E-state index contributed by atoms with van der Waals surface area (Å²) in [5, 5.41) is 14.9. The Hall–Kier alpha value is -3.95. The van der Waals surface area contributed by atoms with E-state index in [1.807, 2.05) is 24.3 Å². The van der Waals surface area contributed by atoms with Crippen LogP contribution in [0.5, 0.6) is 0 Å². The maximum Gasteiger partial charge on any atom is 0.430 e. The van der Waals surface area contributed by atoms with Crippen LogP contribution >= 0.6 is 0 Å². The minimum Gasteiger partial charge on any atom is -0.446 e. The molecule has 0 N–H and O–H groups in total. The molecule has 1 aliphatic heterocycles. The molecule has 4 aromatic rings. The van der Waals surface area contributed by atoms with Crippen molar-refractivity contribution in [1.29, 1.82) is 0 Å². The molecular weight excluding hydrogens is 372 g/mol. The molecule has 5 rings (SSSR count). The number of ether oxygens (including phenoxy) is 1. The monoisotopic (exact) mass is 388 g/mol. The third-order valence-corrected chi connectivity index (χ3v) is 4.61. The Morgan fingerprint density at radius 3 is 3.07 bits per heavy atom. The van der Waals surface area contributed by atoms with Gasteiger partial charge in [-0.3, -0.25) is 4.98 Å². The minimum atomic E-state index is -0.462. The lowest BCUT2D eigenvalue weighted by Gasteiger charge is -2.07. The molecule has 3 aromatic heterocycles. The Bertz CT molecular complexity index is 1270. The van der Waals surface area contributed by atoms with Crippen LogP contribution in [0, 0.1) is 0 Å². The average molecular weight is 388 g/mol. The predicted molar refractivity (Wildman–Crippen MR) is 104 cm³/mol. The van der Waals surface area contributed by atoms with Crippen LogP contribution in [-0.2, 0) is 11.3 Å². The molecule has 1 saturated heterocycles. The maximum absolute atomic E-state index is 11.6. The number of rotatable bonds is 4. The van der Waals surface area contributed by atoms with E-state index in [-0.39, 0.29) is 0 Å². The second-order valence-corrected chi connectivity index (χ2v) is 6.60. The third-order valence-electron chi connectivity index (χ3n) is 4.61. The van der Waals surface area contributed by atoms with Crippen molar-refractivity contribution in [2.75, 3.05) is 13.2 Å². The normalized spacial score (nSPS) is 14.7. The topological polar surface area (TPSA) is 111 Å². The average Bonchev–Trinajstić information content (AvgIpc) is 3.33. The number of carbonyl (C=O) groups excluding carboxylic acids is 1. The number of benzene rings is 1. The first kappa shape index (κ1) is 17.2. The van der Waals surface area contributed by atoms with Gasteiger partial charge in [-0.15, -0.1) is 5.10 Å². The van der Waals surface area contributed by atoms with Gasteiger partial charge in [-0.2, -0.15) is 10.1 Å². The van der Waals surface area contributed by atoms with Crippen LogP contribution in [0.4, 0.5) is 4.79 Å². The summed E-state index contributed by atoms with van der Waals surface area (Å²) in [4.78, 5) is 24.9. The van der Waals surface area contributed by atoms with Gasteiger partial charge in [0, 0.05) is 11.6 Å². The van der Waals surface area contributed by atoms with Gasteiger partial charge in [0.2, 0.25) is 5.65 Å². The summed E-state index contributed by atoms with van der Waals surface area (Å²) in [7, 11) is 0. The molecule has 1 fully saturated rings. The second kappa shape index (κ2) is 6.89. The lowest BCUT2D eigenvalue weighted by Crippen LogP contribution is -2.20. The lowest BCUT2D eigenvalue weighted by atomic mass is 10.1. The summed E-state index contributed by atoms with van der Waals surface area (Å²) in [5.74, 6) is 0. The fourth-order valence-electron chi connectivity index (χ4n) is 3.14. The quantitative estimate of drug-likeness (QED) is 0.492. The summed E-state index contributed by atoms with van der Waals surface area (Å²) in [6.45, 7) is 3.01. The standard InChI is InChI=1S/C19H16N8O2/c1-12(24-26-7-8-29-19(26)28)16-10-21-17-18(22-16)27(25-23-17)11-13-4-5-15-14(9-13)3-2-6-20-15/h2-6,9-10H,7-8,11H2,1H3/b24-12-. The summed E-state index contributed by atoms with van der Waals surface area (Å²) in [6, 6.07) is 9.98.